The van der Waals surface area contributed by atoms with Gasteiger partial charge >= 0.3 is 0 Å². The molecule has 0 bridgehead atoms. The van der Waals surface area contributed by atoms with E-state index in [1.54, 1.807) is 6.92 Å². The fraction of sp³-hybridized carbons (Fsp3) is 0.500. The molecule has 2 aromatic rings. The van der Waals surface area contributed by atoms with Gasteiger partial charge in [-0.3, -0.25) is 0 Å². The highest BCUT2D eigenvalue weighted by atomic mass is 35.5. The molecule has 208 valence electrons. The number of hydrogen-bond acceptors (Lipinski definition) is 8. The molecule has 1 aliphatic rings. The maximum absolute atomic E-state index is 13.8. The average Bonchev–Trinajstić information content (AvgIpc) is 3.18. The first-order valence-electron chi connectivity index (χ1n) is 11.7. The molecule has 0 aliphatic carbocycles. The van der Waals surface area contributed by atoms with Gasteiger partial charge in [0.15, 0.2) is 13.3 Å². The van der Waals surface area contributed by atoms with E-state index in [2.05, 4.69) is 4.98 Å². The SMILES string of the molecule is C[C@H](O[Si](C)(C)C(C)(C)C)[C@]1(O)CN(S(=O)(=O)c2ccc(C#N)cc2Cl)C[C@@H]1S(=O)(=O)c1ccc(Cl)cn1. The molecule has 1 aliphatic heterocycles. The van der Waals surface area contributed by atoms with Crippen molar-refractivity contribution in [2.45, 2.75) is 72.7 Å². The van der Waals surface area contributed by atoms with Crippen LogP contribution in [0.3, 0.4) is 0 Å². The fourth-order valence-electron chi connectivity index (χ4n) is 4.05. The van der Waals surface area contributed by atoms with Crippen LogP contribution in [0.25, 0.3) is 0 Å². The lowest BCUT2D eigenvalue weighted by atomic mass is 9.97. The van der Waals surface area contributed by atoms with Gasteiger partial charge in [0.1, 0.15) is 15.7 Å². The van der Waals surface area contributed by atoms with E-state index in [4.69, 9.17) is 32.9 Å². The summed E-state index contributed by atoms with van der Waals surface area (Å²) in [4.78, 5) is 3.62. The number of hydrogen-bond donors (Lipinski definition) is 1. The molecule has 0 amide bonds. The van der Waals surface area contributed by atoms with E-state index in [9.17, 15) is 21.9 Å². The summed E-state index contributed by atoms with van der Waals surface area (Å²) in [6.07, 6.45) is 0.121. The normalized spacial score (nSPS) is 22.3. The number of aliphatic hydroxyl groups is 1. The molecule has 3 rings (SSSR count). The minimum absolute atomic E-state index is 0.164. The van der Waals surface area contributed by atoms with Crippen molar-refractivity contribution in [3.63, 3.8) is 0 Å². The van der Waals surface area contributed by atoms with Crippen LogP contribution in [0, 0.1) is 11.3 Å². The number of sulfonamides is 1. The van der Waals surface area contributed by atoms with E-state index in [1.807, 2.05) is 39.9 Å². The summed E-state index contributed by atoms with van der Waals surface area (Å²) in [5.74, 6) is 0. The zero-order valence-electron chi connectivity index (χ0n) is 21.9. The van der Waals surface area contributed by atoms with Crippen LogP contribution in [-0.4, -0.2) is 69.6 Å². The first-order valence-corrected chi connectivity index (χ1v) is 18.4. The summed E-state index contributed by atoms with van der Waals surface area (Å²) in [6, 6.07) is 8.16. The molecular weight excluding hydrogens is 589 g/mol. The minimum atomic E-state index is -4.37. The van der Waals surface area contributed by atoms with Gasteiger partial charge in [-0.1, -0.05) is 44.0 Å². The van der Waals surface area contributed by atoms with Crippen molar-refractivity contribution in [3.05, 3.63) is 52.1 Å². The third kappa shape index (κ3) is 5.67. The molecule has 3 atom stereocenters. The second-order valence-corrected chi connectivity index (χ2v) is 20.5. The number of aromatic nitrogens is 1. The maximum Gasteiger partial charge on any atom is 0.244 e. The minimum Gasteiger partial charge on any atom is -0.411 e. The summed E-state index contributed by atoms with van der Waals surface area (Å²) < 4.78 is 62.2. The van der Waals surface area contributed by atoms with E-state index in [0.29, 0.717) is 0 Å². The second-order valence-electron chi connectivity index (χ2n) is 10.9. The van der Waals surface area contributed by atoms with Crippen molar-refractivity contribution in [1.29, 1.82) is 5.26 Å². The van der Waals surface area contributed by atoms with Crippen molar-refractivity contribution < 1.29 is 26.4 Å². The van der Waals surface area contributed by atoms with Crippen LogP contribution in [0.15, 0.2) is 46.5 Å². The molecule has 1 aromatic carbocycles. The largest absolute Gasteiger partial charge is 0.411 e. The van der Waals surface area contributed by atoms with E-state index in [0.717, 1.165) is 4.31 Å². The number of nitrogens with zero attached hydrogens (tertiary/aromatic N) is 3. The Morgan fingerprint density at radius 3 is 2.34 bits per heavy atom. The number of β-amino-alcohol motifs (C(OH)–C–C–N with tert-alkyl or cyclic N) is 1. The van der Waals surface area contributed by atoms with Crippen LogP contribution in [-0.2, 0) is 24.3 Å². The van der Waals surface area contributed by atoms with Gasteiger partial charge in [-0.2, -0.15) is 9.57 Å². The number of halogens is 2. The molecule has 38 heavy (non-hydrogen) atoms. The zero-order valence-corrected chi connectivity index (χ0v) is 26.1. The maximum atomic E-state index is 13.8. The van der Waals surface area contributed by atoms with Gasteiger partial charge in [0.25, 0.3) is 0 Å². The molecule has 1 fully saturated rings. The lowest BCUT2D eigenvalue weighted by Gasteiger charge is -2.43. The second kappa shape index (κ2) is 10.4. The topological polar surface area (TPSA) is 138 Å². The molecule has 0 unspecified atom stereocenters. The quantitative estimate of drug-likeness (QED) is 0.454. The Morgan fingerprint density at radius 1 is 1.21 bits per heavy atom. The van der Waals surface area contributed by atoms with Crippen molar-refractivity contribution in [2.75, 3.05) is 13.1 Å². The Labute approximate surface area is 235 Å². The Kier molecular flexibility index (Phi) is 8.51. The zero-order chi connectivity index (χ0) is 28.9. The van der Waals surface area contributed by atoms with Gasteiger partial charge in [0, 0.05) is 19.3 Å². The third-order valence-corrected chi connectivity index (χ3v) is 16.6. The smallest absolute Gasteiger partial charge is 0.244 e. The van der Waals surface area contributed by atoms with E-state index in [1.165, 1.54) is 36.5 Å². The van der Waals surface area contributed by atoms with E-state index >= 15 is 0 Å². The van der Waals surface area contributed by atoms with Crippen LogP contribution in [0.2, 0.25) is 28.2 Å². The monoisotopic (exact) mass is 619 g/mol. The first kappa shape index (κ1) is 31.0. The molecule has 14 heteroatoms. The highest BCUT2D eigenvalue weighted by Gasteiger charge is 2.59. The van der Waals surface area contributed by atoms with Crippen LogP contribution in [0.1, 0.15) is 33.3 Å². The molecule has 1 N–H and O–H groups in total. The van der Waals surface area contributed by atoms with Crippen LogP contribution < -0.4 is 0 Å². The van der Waals surface area contributed by atoms with E-state index in [-0.39, 0.29) is 30.6 Å². The number of sulfone groups is 1. The third-order valence-electron chi connectivity index (χ3n) is 7.38. The van der Waals surface area contributed by atoms with E-state index < -0.39 is 58.2 Å². The number of rotatable bonds is 7. The molecule has 0 spiro atoms. The molecule has 2 heterocycles. The van der Waals surface area contributed by atoms with Gasteiger partial charge in [-0.05, 0) is 55.4 Å². The first-order chi connectivity index (χ1) is 17.3. The molecule has 0 saturated carbocycles. The Morgan fingerprint density at radius 2 is 1.84 bits per heavy atom. The standard InChI is InChI=1S/C24H31Cl2N3O6S2Si/c1-16(35-38(5,6)23(2,3)4)24(30)15-29(37(33,34)20-9-7-17(12-27)11-19(20)26)14-21(24)36(31,32)22-10-8-18(25)13-28-22/h7-11,13,16,21,30H,14-15H2,1-6H3/t16-,21-,24+/m0/s1. The lowest BCUT2D eigenvalue weighted by Crippen LogP contribution is -2.58. The van der Waals surface area contributed by atoms with Crippen molar-refractivity contribution in [3.8, 4) is 6.07 Å². The predicted octanol–water partition coefficient (Wildman–Crippen LogP) is 4.25. The number of nitriles is 1. The number of pyridine rings is 1. The number of benzene rings is 1. The van der Waals surface area contributed by atoms with Gasteiger partial charge in [-0.25, -0.2) is 21.8 Å². The summed E-state index contributed by atoms with van der Waals surface area (Å²) in [7, 11) is -11.3. The van der Waals surface area contributed by atoms with Gasteiger partial charge in [-0.15, -0.1) is 0 Å². The summed E-state index contributed by atoms with van der Waals surface area (Å²) in [6.45, 7) is 10.4. The van der Waals surface area contributed by atoms with Crippen molar-refractivity contribution >= 4 is 51.4 Å². The van der Waals surface area contributed by atoms with Crippen molar-refractivity contribution in [2.24, 2.45) is 0 Å². The highest BCUT2D eigenvalue weighted by Crippen LogP contribution is 2.43. The van der Waals surface area contributed by atoms with Crippen LogP contribution in [0.5, 0.6) is 0 Å². The van der Waals surface area contributed by atoms with Crippen LogP contribution >= 0.6 is 23.2 Å². The predicted molar refractivity (Wildman–Crippen MR) is 148 cm³/mol. The summed E-state index contributed by atoms with van der Waals surface area (Å²) in [5, 5.41) is 18.9. The lowest BCUT2D eigenvalue weighted by molar-refractivity contribution is -0.0446. The molecular formula is C24H31Cl2N3O6S2Si. The molecule has 1 saturated heterocycles. The molecule has 9 nitrogen and oxygen atoms in total. The fourth-order valence-corrected chi connectivity index (χ4v) is 9.64. The Hall–Kier alpha value is -1.56. The highest BCUT2D eigenvalue weighted by molar-refractivity contribution is 7.92. The van der Waals surface area contributed by atoms with Crippen molar-refractivity contribution in [1.82, 2.24) is 9.29 Å². The van der Waals surface area contributed by atoms with Gasteiger partial charge in [0.05, 0.1) is 27.8 Å². The van der Waals surface area contributed by atoms with Gasteiger partial charge < -0.3 is 9.53 Å². The Balaban J connectivity index is 2.13. The van der Waals surface area contributed by atoms with Gasteiger partial charge in [0.2, 0.25) is 19.9 Å². The summed E-state index contributed by atoms with van der Waals surface area (Å²) >= 11 is 12.1. The molecule has 0 radical (unpaired) electrons. The Bertz CT molecular complexity index is 1470. The van der Waals surface area contributed by atoms with Crippen LogP contribution in [0.4, 0.5) is 0 Å². The summed E-state index contributed by atoms with van der Waals surface area (Å²) in [5.41, 5.74) is -1.96. The molecule has 1 aromatic heterocycles. The average molecular weight is 621 g/mol.